The highest BCUT2D eigenvalue weighted by atomic mass is 32.1. The van der Waals surface area contributed by atoms with Gasteiger partial charge in [0.25, 0.3) is 0 Å². The van der Waals surface area contributed by atoms with E-state index in [1.165, 1.54) is 56.4 Å². The van der Waals surface area contributed by atoms with Crippen molar-refractivity contribution in [1.82, 2.24) is 4.90 Å². The molecule has 18 heavy (non-hydrogen) atoms. The number of thiophene rings is 1. The molecule has 104 valence electrons. The molecule has 0 saturated heterocycles. The Kier molecular flexibility index (Phi) is 9.72. The minimum Gasteiger partial charge on any atom is -0.301 e. The van der Waals surface area contributed by atoms with Crippen molar-refractivity contribution in [1.29, 1.82) is 0 Å². The van der Waals surface area contributed by atoms with E-state index in [1.807, 2.05) is 11.3 Å². The third kappa shape index (κ3) is 8.17. The molecule has 0 saturated carbocycles. The van der Waals surface area contributed by atoms with Crippen LogP contribution in [0.4, 0.5) is 0 Å². The largest absolute Gasteiger partial charge is 0.301 e. The lowest BCUT2D eigenvalue weighted by Gasteiger charge is -2.15. The molecule has 1 aromatic heterocycles. The van der Waals surface area contributed by atoms with Crippen molar-refractivity contribution in [3.8, 4) is 0 Å². The molecule has 1 nitrogen and oxygen atoms in total. The van der Waals surface area contributed by atoms with E-state index in [0.717, 1.165) is 12.3 Å². The first-order chi connectivity index (χ1) is 8.83. The van der Waals surface area contributed by atoms with Gasteiger partial charge in [-0.3, -0.25) is 0 Å². The molecule has 0 aliphatic rings. The van der Waals surface area contributed by atoms with Gasteiger partial charge >= 0.3 is 0 Å². The molecule has 0 fully saturated rings. The van der Waals surface area contributed by atoms with Crippen LogP contribution in [0.25, 0.3) is 0 Å². The van der Waals surface area contributed by atoms with Gasteiger partial charge < -0.3 is 4.90 Å². The van der Waals surface area contributed by atoms with Crippen molar-refractivity contribution in [2.45, 2.75) is 51.5 Å². The van der Waals surface area contributed by atoms with Crippen LogP contribution < -0.4 is 0 Å². The first kappa shape index (κ1) is 16.1. The second-order valence-corrected chi connectivity index (χ2v) is 6.50. The highest BCUT2D eigenvalue weighted by molar-refractivity contribution is 7.80. The van der Waals surface area contributed by atoms with Gasteiger partial charge in [-0.15, -0.1) is 11.3 Å². The summed E-state index contributed by atoms with van der Waals surface area (Å²) in [5, 5.41) is 2.16. The molecule has 0 N–H and O–H groups in total. The molecule has 0 aromatic carbocycles. The molecule has 0 unspecified atom stereocenters. The van der Waals surface area contributed by atoms with Gasteiger partial charge in [-0.05, 0) is 43.6 Å². The van der Waals surface area contributed by atoms with Crippen LogP contribution in [-0.4, -0.2) is 24.2 Å². The van der Waals surface area contributed by atoms with Crippen molar-refractivity contribution in [2.24, 2.45) is 0 Å². The summed E-state index contributed by atoms with van der Waals surface area (Å²) in [5.41, 5.74) is 0. The lowest BCUT2D eigenvalue weighted by atomic mass is 10.1. The lowest BCUT2D eigenvalue weighted by Crippen LogP contribution is -2.18. The maximum absolute atomic E-state index is 4.23. The Morgan fingerprint density at radius 2 is 1.72 bits per heavy atom. The molecule has 0 atom stereocenters. The lowest BCUT2D eigenvalue weighted by molar-refractivity contribution is 0.319. The molecule has 0 radical (unpaired) electrons. The smallest absolute Gasteiger partial charge is 0.0324 e. The molecule has 1 rings (SSSR count). The monoisotopic (exact) mass is 285 g/mol. The zero-order valence-electron chi connectivity index (χ0n) is 11.6. The Balaban J connectivity index is 1.88. The van der Waals surface area contributed by atoms with Gasteiger partial charge in [0.1, 0.15) is 0 Å². The second-order valence-electron chi connectivity index (χ2n) is 5.02. The summed E-state index contributed by atoms with van der Waals surface area (Å²) in [6.07, 6.45) is 9.58. The predicted octanol–water partition coefficient (Wildman–Crippen LogP) is 4.84. The van der Waals surface area contributed by atoms with E-state index in [0.29, 0.717) is 0 Å². The summed E-state index contributed by atoms with van der Waals surface area (Å²) in [6.45, 7) is 2.34. The Morgan fingerprint density at radius 1 is 1.06 bits per heavy atom. The van der Waals surface area contributed by atoms with E-state index in [2.05, 4.69) is 42.1 Å². The second kappa shape index (κ2) is 10.9. The van der Waals surface area contributed by atoms with E-state index in [-0.39, 0.29) is 0 Å². The van der Waals surface area contributed by atoms with Gasteiger partial charge in [-0.1, -0.05) is 38.2 Å². The molecular weight excluding hydrogens is 258 g/mol. The van der Waals surface area contributed by atoms with E-state index in [4.69, 9.17) is 0 Å². The fraction of sp³-hybridized carbons (Fsp3) is 0.733. The van der Waals surface area contributed by atoms with Crippen molar-refractivity contribution >= 4 is 24.0 Å². The van der Waals surface area contributed by atoms with Gasteiger partial charge in [0, 0.05) is 11.4 Å². The van der Waals surface area contributed by atoms with Crippen LogP contribution in [0.15, 0.2) is 17.5 Å². The maximum atomic E-state index is 4.23. The molecule has 1 aromatic rings. The first-order valence-electron chi connectivity index (χ1n) is 7.14. The first-order valence-corrected chi connectivity index (χ1v) is 8.66. The summed E-state index contributed by atoms with van der Waals surface area (Å²) < 4.78 is 0. The van der Waals surface area contributed by atoms with Gasteiger partial charge in [-0.25, -0.2) is 0 Å². The quantitative estimate of drug-likeness (QED) is 0.450. The number of unbranched alkanes of at least 4 members (excludes halogenated alkanes) is 6. The van der Waals surface area contributed by atoms with Crippen molar-refractivity contribution < 1.29 is 0 Å². The van der Waals surface area contributed by atoms with Crippen LogP contribution in [0.5, 0.6) is 0 Å². The number of thiol groups is 1. The summed E-state index contributed by atoms with van der Waals surface area (Å²) in [5.74, 6) is 1.05. The van der Waals surface area contributed by atoms with E-state index >= 15 is 0 Å². The fourth-order valence-electron chi connectivity index (χ4n) is 2.13. The molecular formula is C15H27NS2. The third-order valence-electron chi connectivity index (χ3n) is 3.20. The topological polar surface area (TPSA) is 3.24 Å². The molecule has 3 heteroatoms. The van der Waals surface area contributed by atoms with Crippen LogP contribution in [0.1, 0.15) is 49.8 Å². The third-order valence-corrected chi connectivity index (χ3v) is 4.38. The standard InChI is InChI=1S/C15H27NS2/c1-16(14-15-10-9-13-18-15)11-7-5-3-2-4-6-8-12-17/h9-10,13,17H,2-8,11-12,14H2,1H3. The van der Waals surface area contributed by atoms with Crippen molar-refractivity contribution in [3.05, 3.63) is 22.4 Å². The summed E-state index contributed by atoms with van der Waals surface area (Å²) >= 11 is 6.09. The average Bonchev–Trinajstić information content (AvgIpc) is 2.85. The Bertz CT molecular complexity index is 272. The van der Waals surface area contributed by atoms with Gasteiger partial charge in [0.05, 0.1) is 0 Å². The number of rotatable bonds is 11. The van der Waals surface area contributed by atoms with E-state index in [1.54, 1.807) is 0 Å². The summed E-state index contributed by atoms with van der Waals surface area (Å²) in [7, 11) is 2.23. The number of hydrogen-bond donors (Lipinski definition) is 1. The SMILES string of the molecule is CN(CCCCCCCCCS)Cc1cccs1. The zero-order chi connectivity index (χ0) is 13.1. The number of nitrogens with zero attached hydrogens (tertiary/aromatic N) is 1. The number of hydrogen-bond acceptors (Lipinski definition) is 3. The van der Waals surface area contributed by atoms with Crippen LogP contribution in [-0.2, 0) is 6.54 Å². The normalized spacial score (nSPS) is 11.3. The van der Waals surface area contributed by atoms with Gasteiger partial charge in [0.15, 0.2) is 0 Å². The molecule has 0 bridgehead atoms. The fourth-order valence-corrected chi connectivity index (χ4v) is 3.13. The Morgan fingerprint density at radius 3 is 2.33 bits per heavy atom. The highest BCUT2D eigenvalue weighted by Gasteiger charge is 2.00. The highest BCUT2D eigenvalue weighted by Crippen LogP contribution is 2.12. The Hall–Kier alpha value is 0.01000. The molecule has 1 heterocycles. The van der Waals surface area contributed by atoms with Crippen LogP contribution >= 0.6 is 24.0 Å². The summed E-state index contributed by atoms with van der Waals surface area (Å²) in [4.78, 5) is 3.91. The van der Waals surface area contributed by atoms with Gasteiger partial charge in [-0.2, -0.15) is 12.6 Å². The van der Waals surface area contributed by atoms with Crippen LogP contribution in [0.2, 0.25) is 0 Å². The maximum Gasteiger partial charge on any atom is 0.0324 e. The molecule has 0 aliphatic carbocycles. The average molecular weight is 286 g/mol. The minimum absolute atomic E-state index is 1.05. The van der Waals surface area contributed by atoms with Crippen molar-refractivity contribution in [3.63, 3.8) is 0 Å². The minimum atomic E-state index is 1.05. The van der Waals surface area contributed by atoms with Crippen LogP contribution in [0.3, 0.4) is 0 Å². The van der Waals surface area contributed by atoms with Gasteiger partial charge in [0.2, 0.25) is 0 Å². The Labute approximate surface area is 122 Å². The van der Waals surface area contributed by atoms with Crippen LogP contribution in [0, 0.1) is 0 Å². The molecule has 0 aliphatic heterocycles. The van der Waals surface area contributed by atoms with Crippen molar-refractivity contribution in [2.75, 3.05) is 19.3 Å². The zero-order valence-corrected chi connectivity index (χ0v) is 13.3. The van der Waals surface area contributed by atoms with E-state index in [9.17, 15) is 0 Å². The molecule has 0 spiro atoms. The molecule has 0 amide bonds. The van der Waals surface area contributed by atoms with E-state index < -0.39 is 0 Å². The predicted molar refractivity (Wildman–Crippen MR) is 86.8 cm³/mol. The summed E-state index contributed by atoms with van der Waals surface area (Å²) in [6, 6.07) is 4.36.